The first-order valence-electron chi connectivity index (χ1n) is 12.4. The molecule has 9 heteroatoms. The molecule has 0 unspecified atom stereocenters. The fraction of sp³-hybridized carbons (Fsp3) is 0. The van der Waals surface area contributed by atoms with Crippen molar-refractivity contribution in [2.75, 3.05) is 0 Å². The Kier molecular flexibility index (Phi) is 5.51. The van der Waals surface area contributed by atoms with Crippen molar-refractivity contribution in [3.05, 3.63) is 114 Å². The van der Waals surface area contributed by atoms with Crippen LogP contribution in [0.4, 0.5) is 17.6 Å². The molecule has 0 fully saturated rings. The van der Waals surface area contributed by atoms with Crippen LogP contribution in [0.25, 0.3) is 66.2 Å². The summed E-state index contributed by atoms with van der Waals surface area (Å²) in [4.78, 5) is 4.99. The summed E-state index contributed by atoms with van der Waals surface area (Å²) in [5.41, 5.74) is 2.71. The van der Waals surface area contributed by atoms with E-state index < -0.39 is 34.4 Å². The SMILES string of the molecule is N#Cc1c(F)c(F)c(-c2ccc(-c3ccc4c(c3)nc(-c3ccccc3)c3ccc5nonc5c34)cc2)c(F)c1F. The van der Waals surface area contributed by atoms with Gasteiger partial charge in [0.05, 0.1) is 16.8 Å². The standard InChI is InChI=1S/C32H14F4N4O/c33-27-22(15-37)28(34)30(36)25(29(27)35)17-8-6-16(7-9-17)19-10-11-20-24(14-19)38-31(18-4-2-1-3-5-18)21-12-13-23-32(26(20)21)40-41-39-23/h1-14H. The second-order valence-electron chi connectivity index (χ2n) is 9.37. The third-order valence-electron chi connectivity index (χ3n) is 7.11. The van der Waals surface area contributed by atoms with E-state index in [0.717, 1.165) is 39.0 Å². The Bertz CT molecular complexity index is 2180. The van der Waals surface area contributed by atoms with Gasteiger partial charge in [-0.2, -0.15) is 5.26 Å². The minimum Gasteiger partial charge on any atom is -0.247 e. The van der Waals surface area contributed by atoms with Crippen LogP contribution in [0.2, 0.25) is 0 Å². The molecule has 0 bridgehead atoms. The Morgan fingerprint density at radius 2 is 1.27 bits per heavy atom. The van der Waals surface area contributed by atoms with E-state index in [2.05, 4.69) is 10.3 Å². The van der Waals surface area contributed by atoms with Crippen LogP contribution >= 0.6 is 0 Å². The summed E-state index contributed by atoms with van der Waals surface area (Å²) in [7, 11) is 0. The maximum Gasteiger partial charge on any atom is 0.180 e. The zero-order valence-electron chi connectivity index (χ0n) is 20.8. The molecule has 0 aliphatic rings. The molecule has 0 saturated carbocycles. The summed E-state index contributed by atoms with van der Waals surface area (Å²) < 4.78 is 62.6. The van der Waals surface area contributed by atoms with Gasteiger partial charge in [-0.3, -0.25) is 0 Å². The normalized spacial score (nSPS) is 11.4. The number of aromatic nitrogens is 3. The zero-order valence-corrected chi connectivity index (χ0v) is 20.8. The number of benzene rings is 5. The van der Waals surface area contributed by atoms with Crippen molar-refractivity contribution in [2.24, 2.45) is 0 Å². The van der Waals surface area contributed by atoms with Gasteiger partial charge in [0.25, 0.3) is 0 Å². The third-order valence-corrected chi connectivity index (χ3v) is 7.11. The lowest BCUT2D eigenvalue weighted by Crippen LogP contribution is -2.03. The highest BCUT2D eigenvalue weighted by atomic mass is 19.2. The van der Waals surface area contributed by atoms with Crippen LogP contribution in [0.5, 0.6) is 0 Å². The first kappa shape index (κ1) is 24.4. The molecule has 2 aromatic heterocycles. The number of halogens is 4. The predicted octanol–water partition coefficient (Wildman–Crippen LogP) is 8.35. The monoisotopic (exact) mass is 546 g/mol. The second kappa shape index (κ2) is 9.24. The zero-order chi connectivity index (χ0) is 28.2. The molecule has 2 heterocycles. The van der Waals surface area contributed by atoms with E-state index >= 15 is 0 Å². The summed E-state index contributed by atoms with van der Waals surface area (Å²) in [6, 6.07) is 26.2. The quantitative estimate of drug-likeness (QED) is 0.126. The molecule has 0 spiro atoms. The molecule has 0 saturated heterocycles. The predicted molar refractivity (Wildman–Crippen MR) is 145 cm³/mol. The molecule has 7 rings (SSSR count). The van der Waals surface area contributed by atoms with Crippen LogP contribution < -0.4 is 0 Å². The lowest BCUT2D eigenvalue weighted by molar-refractivity contribution is 0.316. The Labute approximate surface area is 228 Å². The molecule has 5 aromatic carbocycles. The van der Waals surface area contributed by atoms with Gasteiger partial charge in [0.1, 0.15) is 22.7 Å². The molecular formula is C32H14F4N4O. The first-order valence-corrected chi connectivity index (χ1v) is 12.4. The fourth-order valence-electron chi connectivity index (χ4n) is 5.15. The van der Waals surface area contributed by atoms with Crippen LogP contribution in [0, 0.1) is 34.6 Å². The molecule has 0 aliphatic carbocycles. The van der Waals surface area contributed by atoms with E-state index in [4.69, 9.17) is 14.9 Å². The third kappa shape index (κ3) is 3.72. The number of fused-ring (bicyclic) bond motifs is 5. The molecule has 0 radical (unpaired) electrons. The highest BCUT2D eigenvalue weighted by Gasteiger charge is 2.26. The van der Waals surface area contributed by atoms with E-state index in [1.165, 1.54) is 12.1 Å². The van der Waals surface area contributed by atoms with Crippen molar-refractivity contribution >= 4 is 32.7 Å². The van der Waals surface area contributed by atoms with Gasteiger partial charge in [0.15, 0.2) is 23.3 Å². The number of hydrogen-bond acceptors (Lipinski definition) is 5. The van der Waals surface area contributed by atoms with Gasteiger partial charge in [0.2, 0.25) is 0 Å². The topological polar surface area (TPSA) is 75.6 Å². The maximum atomic E-state index is 14.6. The molecule has 0 N–H and O–H groups in total. The van der Waals surface area contributed by atoms with Crippen LogP contribution in [0.15, 0.2) is 89.6 Å². The largest absolute Gasteiger partial charge is 0.247 e. The summed E-state index contributed by atoms with van der Waals surface area (Å²) in [5, 5.41) is 19.5. The second-order valence-corrected chi connectivity index (χ2v) is 9.37. The Hall–Kier alpha value is -5.62. The smallest absolute Gasteiger partial charge is 0.180 e. The van der Waals surface area contributed by atoms with Crippen molar-refractivity contribution in [2.45, 2.75) is 0 Å². The molecule has 0 atom stereocenters. The average Bonchev–Trinajstić information content (AvgIpc) is 3.50. The van der Waals surface area contributed by atoms with E-state index in [0.29, 0.717) is 22.1 Å². The Morgan fingerprint density at radius 1 is 0.610 bits per heavy atom. The lowest BCUT2D eigenvalue weighted by Gasteiger charge is -2.12. The summed E-state index contributed by atoms with van der Waals surface area (Å²) in [6.45, 7) is 0. The molecule has 7 aromatic rings. The molecular weight excluding hydrogens is 532 g/mol. The maximum absolute atomic E-state index is 14.6. The fourth-order valence-corrected chi connectivity index (χ4v) is 5.15. The van der Waals surface area contributed by atoms with Gasteiger partial charge in [0, 0.05) is 21.7 Å². The van der Waals surface area contributed by atoms with Crippen molar-refractivity contribution in [1.29, 1.82) is 5.26 Å². The van der Waals surface area contributed by atoms with E-state index in [9.17, 15) is 17.6 Å². The van der Waals surface area contributed by atoms with Gasteiger partial charge in [-0.25, -0.2) is 27.2 Å². The summed E-state index contributed by atoms with van der Waals surface area (Å²) >= 11 is 0. The van der Waals surface area contributed by atoms with Gasteiger partial charge in [-0.15, -0.1) is 0 Å². The van der Waals surface area contributed by atoms with Crippen LogP contribution in [-0.2, 0) is 0 Å². The Morgan fingerprint density at radius 3 is 1.98 bits per heavy atom. The molecule has 0 aliphatic heterocycles. The molecule has 0 amide bonds. The summed E-state index contributed by atoms with van der Waals surface area (Å²) in [6.07, 6.45) is 0. The van der Waals surface area contributed by atoms with E-state index in [-0.39, 0.29) is 5.56 Å². The minimum atomic E-state index is -1.73. The van der Waals surface area contributed by atoms with Crippen LogP contribution in [-0.4, -0.2) is 15.3 Å². The summed E-state index contributed by atoms with van der Waals surface area (Å²) in [5.74, 6) is -6.72. The van der Waals surface area contributed by atoms with Gasteiger partial charge in [-0.1, -0.05) is 66.7 Å². The molecule has 5 nitrogen and oxygen atoms in total. The van der Waals surface area contributed by atoms with E-state index in [1.54, 1.807) is 12.1 Å². The number of nitrogens with zero attached hydrogens (tertiary/aromatic N) is 4. The molecule has 196 valence electrons. The van der Waals surface area contributed by atoms with Crippen LogP contribution in [0.3, 0.4) is 0 Å². The average molecular weight is 546 g/mol. The number of pyridine rings is 1. The van der Waals surface area contributed by atoms with Gasteiger partial charge >= 0.3 is 0 Å². The highest BCUT2D eigenvalue weighted by molar-refractivity contribution is 6.20. The number of rotatable bonds is 3. The minimum absolute atomic E-state index is 0.0803. The van der Waals surface area contributed by atoms with Crippen molar-refractivity contribution in [3.63, 3.8) is 0 Å². The van der Waals surface area contributed by atoms with Gasteiger partial charge in [-0.05, 0) is 45.2 Å². The lowest BCUT2D eigenvalue weighted by atomic mass is 9.95. The Balaban J connectivity index is 1.39. The van der Waals surface area contributed by atoms with Crippen molar-refractivity contribution in [3.8, 4) is 39.6 Å². The molecule has 41 heavy (non-hydrogen) atoms. The first-order chi connectivity index (χ1) is 20.0. The van der Waals surface area contributed by atoms with Gasteiger partial charge < -0.3 is 0 Å². The highest BCUT2D eigenvalue weighted by Crippen LogP contribution is 2.38. The number of nitriles is 1. The van der Waals surface area contributed by atoms with Crippen molar-refractivity contribution in [1.82, 2.24) is 15.3 Å². The van der Waals surface area contributed by atoms with E-state index in [1.807, 2.05) is 60.7 Å². The van der Waals surface area contributed by atoms with Crippen molar-refractivity contribution < 1.29 is 22.2 Å². The van der Waals surface area contributed by atoms with Crippen LogP contribution in [0.1, 0.15) is 5.56 Å². The number of hydrogen-bond donors (Lipinski definition) is 0.